The van der Waals surface area contributed by atoms with Crippen LogP contribution in [0, 0.1) is 5.92 Å². The first-order valence-corrected chi connectivity index (χ1v) is 15.6. The number of thioether (sulfide) groups is 1. The third kappa shape index (κ3) is 6.96. The second-order valence-corrected chi connectivity index (χ2v) is 11.8. The molecule has 2 atom stereocenters. The number of carbonyl (C=O) groups is 3. The number of esters is 2. The standard InChI is InChI=1S/C33H37N3O6S/c1-5-40-31(38)24-12-10-16-35(19-24)28(37)18-25-20-43-33-34-22(4)29(32(39)41-21(2)3)30(36(25)33)23-11-9-15-27(17-23)42-26-13-7-6-8-14-26/h6-9,11,13-15,17,20-21,24,30H,5,10,12,16,18-19H2,1-4H3/t24-,30+/m0/s1. The molecule has 3 aliphatic heterocycles. The summed E-state index contributed by atoms with van der Waals surface area (Å²) in [6.45, 7) is 8.46. The first-order valence-electron chi connectivity index (χ1n) is 14.7. The number of nitrogens with zero attached hydrogens (tertiary/aromatic N) is 3. The lowest BCUT2D eigenvalue weighted by molar-refractivity contribution is -0.151. The Hall–Kier alpha value is -4.05. The summed E-state index contributed by atoms with van der Waals surface area (Å²) in [4.78, 5) is 48.0. The molecule has 1 saturated heterocycles. The number of fused-ring (bicyclic) bond motifs is 1. The average Bonchev–Trinajstić information content (AvgIpc) is 3.38. The number of benzene rings is 2. The topological polar surface area (TPSA) is 97.7 Å². The van der Waals surface area contributed by atoms with Gasteiger partial charge < -0.3 is 24.0 Å². The van der Waals surface area contributed by atoms with Crippen molar-refractivity contribution >= 4 is 34.8 Å². The van der Waals surface area contributed by atoms with E-state index in [4.69, 9.17) is 19.2 Å². The molecule has 1 amide bonds. The predicted octanol–water partition coefficient (Wildman–Crippen LogP) is 6.20. The Morgan fingerprint density at radius 1 is 1.07 bits per heavy atom. The van der Waals surface area contributed by atoms with E-state index in [9.17, 15) is 14.4 Å². The molecule has 3 heterocycles. The number of piperidine rings is 1. The van der Waals surface area contributed by atoms with E-state index in [2.05, 4.69) is 0 Å². The molecule has 9 nitrogen and oxygen atoms in total. The molecule has 0 radical (unpaired) electrons. The van der Waals surface area contributed by atoms with Gasteiger partial charge >= 0.3 is 11.9 Å². The average molecular weight is 604 g/mol. The van der Waals surface area contributed by atoms with Gasteiger partial charge in [0.2, 0.25) is 5.91 Å². The molecule has 0 aliphatic carbocycles. The van der Waals surface area contributed by atoms with E-state index < -0.39 is 12.0 Å². The first-order chi connectivity index (χ1) is 20.7. The van der Waals surface area contributed by atoms with E-state index in [0.29, 0.717) is 54.1 Å². The van der Waals surface area contributed by atoms with Crippen molar-refractivity contribution < 1.29 is 28.6 Å². The Labute approximate surface area is 256 Å². The molecule has 3 aliphatic rings. The normalized spacial score (nSPS) is 19.9. The van der Waals surface area contributed by atoms with Gasteiger partial charge in [0.25, 0.3) is 0 Å². The van der Waals surface area contributed by atoms with Crippen LogP contribution in [0.25, 0.3) is 0 Å². The summed E-state index contributed by atoms with van der Waals surface area (Å²) in [5, 5.41) is 2.61. The number of hydrogen-bond acceptors (Lipinski definition) is 9. The van der Waals surface area contributed by atoms with Crippen molar-refractivity contribution in [1.82, 2.24) is 9.80 Å². The van der Waals surface area contributed by atoms with Crippen LogP contribution in [-0.2, 0) is 23.9 Å². The first kappa shape index (κ1) is 30.4. The third-order valence-electron chi connectivity index (χ3n) is 7.44. The maximum Gasteiger partial charge on any atom is 0.338 e. The predicted molar refractivity (Wildman–Crippen MR) is 165 cm³/mol. The van der Waals surface area contributed by atoms with Gasteiger partial charge in [-0.1, -0.05) is 42.1 Å². The van der Waals surface area contributed by atoms with Gasteiger partial charge in [-0.3, -0.25) is 9.59 Å². The van der Waals surface area contributed by atoms with Crippen molar-refractivity contribution in [2.24, 2.45) is 10.9 Å². The van der Waals surface area contributed by atoms with Crippen LogP contribution in [-0.4, -0.2) is 58.6 Å². The van der Waals surface area contributed by atoms with Crippen molar-refractivity contribution in [3.05, 3.63) is 82.5 Å². The summed E-state index contributed by atoms with van der Waals surface area (Å²) in [5.41, 5.74) is 2.51. The highest BCUT2D eigenvalue weighted by molar-refractivity contribution is 8.16. The van der Waals surface area contributed by atoms with Gasteiger partial charge in [-0.2, -0.15) is 0 Å². The lowest BCUT2D eigenvalue weighted by Crippen LogP contribution is -2.44. The minimum Gasteiger partial charge on any atom is -0.466 e. The molecule has 10 heteroatoms. The van der Waals surface area contributed by atoms with Gasteiger partial charge in [-0.05, 0) is 75.8 Å². The van der Waals surface area contributed by atoms with E-state index in [1.165, 1.54) is 11.8 Å². The number of amidine groups is 1. The maximum absolute atomic E-state index is 13.6. The molecule has 5 rings (SSSR count). The summed E-state index contributed by atoms with van der Waals surface area (Å²) in [6.07, 6.45) is 1.23. The van der Waals surface area contributed by atoms with E-state index in [-0.39, 0.29) is 30.3 Å². The second-order valence-electron chi connectivity index (χ2n) is 10.9. The van der Waals surface area contributed by atoms with Crippen molar-refractivity contribution in [2.45, 2.75) is 59.1 Å². The SMILES string of the molecule is CCOC(=O)[C@H]1CCCN(C(=O)CC2=CSC3=NC(C)=C(C(=O)OC(C)C)[C@@H](c4cccc(Oc5ccccc5)c4)N23)C1. The van der Waals surface area contributed by atoms with Crippen LogP contribution in [0.3, 0.4) is 0 Å². The molecule has 0 spiro atoms. The number of likely N-dealkylation sites (tertiary alicyclic amines) is 1. The number of allylic oxidation sites excluding steroid dienone is 1. The molecule has 2 aromatic carbocycles. The fraction of sp³-hybridized carbons (Fsp3) is 0.394. The van der Waals surface area contributed by atoms with Crippen LogP contribution in [0.15, 0.2) is 82.0 Å². The van der Waals surface area contributed by atoms with Crippen LogP contribution in [0.1, 0.15) is 58.6 Å². The van der Waals surface area contributed by atoms with Crippen molar-refractivity contribution in [1.29, 1.82) is 0 Å². The Kier molecular flexibility index (Phi) is 9.55. The summed E-state index contributed by atoms with van der Waals surface area (Å²) in [7, 11) is 0. The zero-order valence-electron chi connectivity index (χ0n) is 24.9. The summed E-state index contributed by atoms with van der Waals surface area (Å²) in [6, 6.07) is 16.5. The number of ether oxygens (including phenoxy) is 3. The lowest BCUT2D eigenvalue weighted by Gasteiger charge is -2.37. The number of amides is 1. The minimum atomic E-state index is -0.583. The van der Waals surface area contributed by atoms with Gasteiger partial charge in [0.05, 0.1) is 42.4 Å². The fourth-order valence-electron chi connectivity index (χ4n) is 5.52. The molecule has 226 valence electrons. The molecule has 2 aromatic rings. The third-order valence-corrected chi connectivity index (χ3v) is 8.33. The molecular weight excluding hydrogens is 566 g/mol. The Morgan fingerprint density at radius 3 is 2.58 bits per heavy atom. The van der Waals surface area contributed by atoms with Crippen molar-refractivity contribution in [2.75, 3.05) is 19.7 Å². The molecule has 0 N–H and O–H groups in total. The van der Waals surface area contributed by atoms with Crippen molar-refractivity contribution in [3.63, 3.8) is 0 Å². The van der Waals surface area contributed by atoms with Crippen LogP contribution in [0.5, 0.6) is 11.5 Å². The monoisotopic (exact) mass is 603 g/mol. The number of para-hydroxylation sites is 1. The zero-order chi connectivity index (χ0) is 30.5. The van der Waals surface area contributed by atoms with Crippen molar-refractivity contribution in [3.8, 4) is 11.5 Å². The summed E-state index contributed by atoms with van der Waals surface area (Å²) >= 11 is 1.42. The number of hydrogen-bond donors (Lipinski definition) is 0. The van der Waals surface area contributed by atoms with Gasteiger partial charge in [0, 0.05) is 18.8 Å². The van der Waals surface area contributed by atoms with Crippen LogP contribution in [0.4, 0.5) is 0 Å². The van der Waals surface area contributed by atoms with E-state index in [1.54, 1.807) is 11.8 Å². The van der Waals surface area contributed by atoms with Gasteiger partial charge in [-0.15, -0.1) is 0 Å². The largest absolute Gasteiger partial charge is 0.466 e. The highest BCUT2D eigenvalue weighted by atomic mass is 32.2. The van der Waals surface area contributed by atoms with E-state index in [1.807, 2.05) is 85.7 Å². The van der Waals surface area contributed by atoms with Gasteiger partial charge in [-0.25, -0.2) is 9.79 Å². The molecule has 1 fully saturated rings. The zero-order valence-corrected chi connectivity index (χ0v) is 25.8. The number of rotatable bonds is 9. The Bertz CT molecular complexity index is 1470. The molecule has 43 heavy (non-hydrogen) atoms. The summed E-state index contributed by atoms with van der Waals surface area (Å²) < 4.78 is 17.0. The van der Waals surface area contributed by atoms with Gasteiger partial charge in [0.1, 0.15) is 11.5 Å². The maximum atomic E-state index is 13.6. The minimum absolute atomic E-state index is 0.0837. The molecule has 0 aromatic heterocycles. The van der Waals surface area contributed by atoms with E-state index >= 15 is 0 Å². The van der Waals surface area contributed by atoms with Crippen LogP contribution >= 0.6 is 11.8 Å². The highest BCUT2D eigenvalue weighted by Gasteiger charge is 2.42. The quantitative estimate of drug-likeness (QED) is 0.313. The Balaban J connectivity index is 1.45. The highest BCUT2D eigenvalue weighted by Crippen LogP contribution is 2.45. The van der Waals surface area contributed by atoms with E-state index in [0.717, 1.165) is 17.7 Å². The summed E-state index contributed by atoms with van der Waals surface area (Å²) in [5.74, 6) is 0.202. The molecule has 0 bridgehead atoms. The van der Waals surface area contributed by atoms with Gasteiger partial charge in [0.15, 0.2) is 5.17 Å². The Morgan fingerprint density at radius 2 is 1.84 bits per heavy atom. The molecule has 0 unspecified atom stereocenters. The number of aliphatic imine (C=N–C) groups is 1. The fourth-order valence-corrected chi connectivity index (χ4v) is 6.48. The molecular formula is C33H37N3O6S. The lowest BCUT2D eigenvalue weighted by atomic mass is 9.93. The second kappa shape index (κ2) is 13.5. The smallest absolute Gasteiger partial charge is 0.338 e. The molecule has 0 saturated carbocycles. The number of carbonyl (C=O) groups excluding carboxylic acids is 3. The van der Waals surface area contributed by atoms with Crippen LogP contribution in [0.2, 0.25) is 0 Å². The van der Waals surface area contributed by atoms with Crippen LogP contribution < -0.4 is 4.74 Å².